The highest BCUT2D eigenvalue weighted by atomic mass is 35.5. The lowest BCUT2D eigenvalue weighted by Gasteiger charge is -2.28. The molecular weight excluding hydrogens is 280 g/mol. The Hall–Kier alpha value is -1.62. The molecule has 0 aromatic carbocycles. The van der Waals surface area contributed by atoms with Crippen LogP contribution in [-0.4, -0.2) is 41.5 Å². The minimum Gasteiger partial charge on any atom is -0.468 e. The van der Waals surface area contributed by atoms with Crippen molar-refractivity contribution in [2.45, 2.75) is 31.7 Å². The Morgan fingerprint density at radius 1 is 1.45 bits per heavy atom. The van der Waals surface area contributed by atoms with Crippen LogP contribution in [0.4, 0.5) is 0 Å². The van der Waals surface area contributed by atoms with Crippen LogP contribution in [0.3, 0.4) is 0 Å². The average Bonchev–Trinajstić information content (AvgIpc) is 2.98. The van der Waals surface area contributed by atoms with Gasteiger partial charge in [0.1, 0.15) is 6.54 Å². The average molecular weight is 297 g/mol. The second kappa shape index (κ2) is 6.70. The smallest absolute Gasteiger partial charge is 0.325 e. The van der Waals surface area contributed by atoms with E-state index in [0.29, 0.717) is 10.6 Å². The first-order chi connectivity index (χ1) is 9.63. The number of pyridine rings is 1. The number of ether oxygens (including phenoxy) is 1. The maximum Gasteiger partial charge on any atom is 0.325 e. The van der Waals surface area contributed by atoms with Crippen molar-refractivity contribution < 1.29 is 14.3 Å². The van der Waals surface area contributed by atoms with Crippen molar-refractivity contribution in [1.29, 1.82) is 0 Å². The molecule has 20 heavy (non-hydrogen) atoms. The molecule has 108 valence electrons. The Kier molecular flexibility index (Phi) is 4.95. The summed E-state index contributed by atoms with van der Waals surface area (Å²) in [6.07, 6.45) is 6.90. The third kappa shape index (κ3) is 3.28. The van der Waals surface area contributed by atoms with Gasteiger partial charge in [-0.3, -0.25) is 14.6 Å². The number of halogens is 1. The van der Waals surface area contributed by atoms with Gasteiger partial charge < -0.3 is 9.64 Å². The van der Waals surface area contributed by atoms with E-state index in [1.807, 2.05) is 0 Å². The summed E-state index contributed by atoms with van der Waals surface area (Å²) in [5.74, 6) is -0.662. The Morgan fingerprint density at radius 2 is 2.15 bits per heavy atom. The second-order valence-corrected chi connectivity index (χ2v) is 5.21. The first-order valence-corrected chi connectivity index (χ1v) is 6.98. The summed E-state index contributed by atoms with van der Waals surface area (Å²) in [4.78, 5) is 29.6. The number of carbonyl (C=O) groups is 2. The molecule has 1 saturated carbocycles. The molecule has 0 spiro atoms. The molecule has 5 nitrogen and oxygen atoms in total. The van der Waals surface area contributed by atoms with Crippen LogP contribution in [0.15, 0.2) is 18.5 Å². The zero-order chi connectivity index (χ0) is 14.5. The van der Waals surface area contributed by atoms with Crippen LogP contribution in [0.2, 0.25) is 5.02 Å². The number of aromatic nitrogens is 1. The molecule has 1 amide bonds. The van der Waals surface area contributed by atoms with Gasteiger partial charge in [-0.25, -0.2) is 0 Å². The van der Waals surface area contributed by atoms with E-state index in [9.17, 15) is 9.59 Å². The van der Waals surface area contributed by atoms with Crippen molar-refractivity contribution in [2.75, 3.05) is 13.7 Å². The molecule has 1 aromatic rings. The Morgan fingerprint density at radius 3 is 2.75 bits per heavy atom. The molecule has 1 aliphatic rings. The number of rotatable bonds is 4. The van der Waals surface area contributed by atoms with Crippen molar-refractivity contribution in [2.24, 2.45) is 0 Å². The Balaban J connectivity index is 2.23. The standard InChI is InChI=1S/C14H17ClN2O3/c1-20-13(18)9-17(10-4-2-3-5-10)14(19)11-6-7-16-8-12(11)15/h6-8,10H,2-5,9H2,1H3. The molecule has 1 aliphatic carbocycles. The lowest BCUT2D eigenvalue weighted by molar-refractivity contribution is -0.141. The van der Waals surface area contributed by atoms with E-state index in [1.165, 1.54) is 19.5 Å². The number of hydrogen-bond acceptors (Lipinski definition) is 4. The highest BCUT2D eigenvalue weighted by Crippen LogP contribution is 2.26. The van der Waals surface area contributed by atoms with Crippen LogP contribution < -0.4 is 0 Å². The molecule has 0 atom stereocenters. The molecule has 0 aliphatic heterocycles. The number of esters is 1. The quantitative estimate of drug-likeness (QED) is 0.800. The van der Waals surface area contributed by atoms with E-state index in [4.69, 9.17) is 11.6 Å². The normalized spacial score (nSPS) is 15.1. The van der Waals surface area contributed by atoms with E-state index in [2.05, 4.69) is 9.72 Å². The van der Waals surface area contributed by atoms with Gasteiger partial charge in [0.25, 0.3) is 5.91 Å². The van der Waals surface area contributed by atoms with E-state index >= 15 is 0 Å². The highest BCUT2D eigenvalue weighted by molar-refractivity contribution is 6.33. The lowest BCUT2D eigenvalue weighted by Crippen LogP contribution is -2.42. The number of carbonyl (C=O) groups excluding carboxylic acids is 2. The van der Waals surface area contributed by atoms with Crippen molar-refractivity contribution in [3.63, 3.8) is 0 Å². The Labute approximate surface area is 122 Å². The number of amides is 1. The van der Waals surface area contributed by atoms with Gasteiger partial charge in [-0.1, -0.05) is 24.4 Å². The first kappa shape index (κ1) is 14.8. The van der Waals surface area contributed by atoms with Gasteiger partial charge >= 0.3 is 5.97 Å². The van der Waals surface area contributed by atoms with Crippen LogP contribution >= 0.6 is 11.6 Å². The fraction of sp³-hybridized carbons (Fsp3) is 0.500. The summed E-state index contributed by atoms with van der Waals surface area (Å²) >= 11 is 6.01. The van der Waals surface area contributed by atoms with Gasteiger partial charge in [-0.15, -0.1) is 0 Å². The number of nitrogens with zero attached hydrogens (tertiary/aromatic N) is 2. The third-order valence-electron chi connectivity index (χ3n) is 3.56. The molecule has 0 unspecified atom stereocenters. The fourth-order valence-electron chi connectivity index (χ4n) is 2.49. The lowest BCUT2D eigenvalue weighted by atomic mass is 10.1. The molecule has 6 heteroatoms. The van der Waals surface area contributed by atoms with E-state index in [0.717, 1.165) is 25.7 Å². The molecule has 0 N–H and O–H groups in total. The van der Waals surface area contributed by atoms with E-state index in [1.54, 1.807) is 11.0 Å². The van der Waals surface area contributed by atoms with Crippen molar-refractivity contribution in [1.82, 2.24) is 9.88 Å². The van der Waals surface area contributed by atoms with Crippen molar-refractivity contribution >= 4 is 23.5 Å². The van der Waals surface area contributed by atoms with Gasteiger partial charge in [0, 0.05) is 18.4 Å². The van der Waals surface area contributed by atoms with Crippen LogP contribution in [0.5, 0.6) is 0 Å². The minimum atomic E-state index is -0.421. The zero-order valence-electron chi connectivity index (χ0n) is 11.3. The summed E-state index contributed by atoms with van der Waals surface area (Å²) in [6, 6.07) is 1.65. The molecule has 0 bridgehead atoms. The maximum atomic E-state index is 12.6. The van der Waals surface area contributed by atoms with Crippen LogP contribution in [0, 0.1) is 0 Å². The monoisotopic (exact) mass is 296 g/mol. The van der Waals surface area contributed by atoms with Crippen molar-refractivity contribution in [3.8, 4) is 0 Å². The van der Waals surface area contributed by atoms with Gasteiger partial charge in [-0.2, -0.15) is 0 Å². The van der Waals surface area contributed by atoms with Gasteiger partial charge in [-0.05, 0) is 18.9 Å². The van der Waals surface area contributed by atoms with Gasteiger partial charge in [0.05, 0.1) is 17.7 Å². The number of hydrogen-bond donors (Lipinski definition) is 0. The van der Waals surface area contributed by atoms with Crippen LogP contribution in [0.1, 0.15) is 36.0 Å². The highest BCUT2D eigenvalue weighted by Gasteiger charge is 2.30. The number of methoxy groups -OCH3 is 1. The predicted molar refractivity (Wildman–Crippen MR) is 74.6 cm³/mol. The van der Waals surface area contributed by atoms with E-state index < -0.39 is 5.97 Å². The molecular formula is C14H17ClN2O3. The SMILES string of the molecule is COC(=O)CN(C(=O)c1ccncc1Cl)C1CCCC1. The largest absolute Gasteiger partial charge is 0.468 e. The summed E-state index contributed by atoms with van der Waals surface area (Å²) in [5, 5.41) is 0.297. The molecule has 1 fully saturated rings. The molecule has 0 radical (unpaired) electrons. The van der Waals surface area contributed by atoms with Crippen LogP contribution in [0.25, 0.3) is 0 Å². The van der Waals surface area contributed by atoms with Crippen molar-refractivity contribution in [3.05, 3.63) is 29.0 Å². The van der Waals surface area contributed by atoms with Gasteiger partial charge in [0.15, 0.2) is 0 Å². The summed E-state index contributed by atoms with van der Waals surface area (Å²) < 4.78 is 4.68. The van der Waals surface area contributed by atoms with Crippen LogP contribution in [-0.2, 0) is 9.53 Å². The molecule has 2 rings (SSSR count). The predicted octanol–water partition coefficient (Wildman–Crippen LogP) is 2.29. The topological polar surface area (TPSA) is 59.5 Å². The summed E-state index contributed by atoms with van der Waals surface area (Å²) in [5.41, 5.74) is 0.373. The fourth-order valence-corrected chi connectivity index (χ4v) is 2.69. The molecule has 1 heterocycles. The zero-order valence-corrected chi connectivity index (χ0v) is 12.1. The third-order valence-corrected chi connectivity index (χ3v) is 3.86. The first-order valence-electron chi connectivity index (χ1n) is 6.60. The van der Waals surface area contributed by atoms with E-state index in [-0.39, 0.29) is 18.5 Å². The summed E-state index contributed by atoms with van der Waals surface area (Å²) in [6.45, 7) is -0.0430. The Bertz CT molecular complexity index is 501. The second-order valence-electron chi connectivity index (χ2n) is 4.80. The molecule has 1 aromatic heterocycles. The molecule has 0 saturated heterocycles. The summed E-state index contributed by atoms with van der Waals surface area (Å²) in [7, 11) is 1.32. The maximum absolute atomic E-state index is 12.6. The minimum absolute atomic E-state index is 0.0430. The van der Waals surface area contributed by atoms with Gasteiger partial charge in [0.2, 0.25) is 0 Å².